The van der Waals surface area contributed by atoms with Crippen LogP contribution in [0, 0.1) is 6.92 Å². The summed E-state index contributed by atoms with van der Waals surface area (Å²) in [5.41, 5.74) is 0.827. The molecule has 140 valence electrons. The maximum Gasteiger partial charge on any atom is 0.254 e. The highest BCUT2D eigenvalue weighted by Crippen LogP contribution is 2.33. The molecule has 1 amide bonds. The topological polar surface area (TPSA) is 88.3 Å². The van der Waals surface area contributed by atoms with E-state index < -0.39 is 11.2 Å². The van der Waals surface area contributed by atoms with Crippen molar-refractivity contribution in [3.8, 4) is 5.75 Å². The number of aromatic amines is 1. The van der Waals surface area contributed by atoms with Crippen molar-refractivity contribution in [2.45, 2.75) is 26.5 Å². The molecule has 3 aromatic rings. The Morgan fingerprint density at radius 1 is 1.33 bits per heavy atom. The minimum absolute atomic E-state index is 0.123. The molecular weight excluding hydrogens is 384 g/mol. The molecule has 2 heterocycles. The van der Waals surface area contributed by atoms with Crippen LogP contribution in [0.5, 0.6) is 5.75 Å². The molecule has 0 bridgehead atoms. The summed E-state index contributed by atoms with van der Waals surface area (Å²) < 4.78 is 6.67. The van der Waals surface area contributed by atoms with E-state index >= 15 is 0 Å². The Kier molecular flexibility index (Phi) is 5.67. The van der Waals surface area contributed by atoms with Crippen molar-refractivity contribution in [2.24, 2.45) is 0 Å². The SMILES string of the molecule is Cc1sc2ccc(OCc3ccc[nH]c3=O)cc2c1C(=O)N[C@@H](C)C(=O)S. The normalized spacial score (nSPS) is 12.0. The maximum atomic E-state index is 12.6. The van der Waals surface area contributed by atoms with Crippen molar-refractivity contribution >= 4 is 45.1 Å². The van der Waals surface area contributed by atoms with Gasteiger partial charge in [-0.25, -0.2) is 0 Å². The molecular formula is C19H18N2O4S2. The molecule has 0 saturated carbocycles. The fourth-order valence-electron chi connectivity index (χ4n) is 2.63. The number of aryl methyl sites for hydroxylation is 1. The van der Waals surface area contributed by atoms with Crippen LogP contribution in [0.4, 0.5) is 0 Å². The predicted molar refractivity (Wildman–Crippen MR) is 109 cm³/mol. The van der Waals surface area contributed by atoms with Gasteiger partial charge in [0.2, 0.25) is 5.12 Å². The van der Waals surface area contributed by atoms with E-state index in [0.717, 1.165) is 15.0 Å². The molecule has 0 radical (unpaired) electrons. The van der Waals surface area contributed by atoms with Crippen LogP contribution in [0.1, 0.15) is 27.7 Å². The fraction of sp³-hybridized carbons (Fsp3) is 0.211. The molecule has 0 unspecified atom stereocenters. The van der Waals surface area contributed by atoms with E-state index in [1.165, 1.54) is 11.3 Å². The summed E-state index contributed by atoms with van der Waals surface area (Å²) in [6, 6.07) is 8.20. The van der Waals surface area contributed by atoms with E-state index in [1.807, 2.05) is 13.0 Å². The Morgan fingerprint density at radius 2 is 2.11 bits per heavy atom. The highest BCUT2D eigenvalue weighted by atomic mass is 32.1. The van der Waals surface area contributed by atoms with Gasteiger partial charge >= 0.3 is 0 Å². The van der Waals surface area contributed by atoms with Crippen LogP contribution < -0.4 is 15.6 Å². The number of carbonyl (C=O) groups excluding carboxylic acids is 2. The molecule has 0 aliphatic rings. The van der Waals surface area contributed by atoms with E-state index in [2.05, 4.69) is 22.9 Å². The van der Waals surface area contributed by atoms with Crippen molar-refractivity contribution in [1.82, 2.24) is 10.3 Å². The van der Waals surface area contributed by atoms with Crippen LogP contribution >= 0.6 is 24.0 Å². The molecule has 0 saturated heterocycles. The first-order valence-corrected chi connectivity index (χ1v) is 9.49. The molecule has 2 N–H and O–H groups in total. The van der Waals surface area contributed by atoms with Gasteiger partial charge in [0.25, 0.3) is 11.5 Å². The van der Waals surface area contributed by atoms with Crippen LogP contribution in [0.15, 0.2) is 41.3 Å². The number of amides is 1. The lowest BCUT2D eigenvalue weighted by Crippen LogP contribution is -2.36. The number of pyridine rings is 1. The summed E-state index contributed by atoms with van der Waals surface area (Å²) in [7, 11) is 0. The quantitative estimate of drug-likeness (QED) is 0.553. The minimum atomic E-state index is -0.681. The zero-order valence-electron chi connectivity index (χ0n) is 14.7. The van der Waals surface area contributed by atoms with Crippen molar-refractivity contribution < 1.29 is 14.3 Å². The number of aromatic nitrogens is 1. The lowest BCUT2D eigenvalue weighted by molar-refractivity contribution is -0.112. The van der Waals surface area contributed by atoms with Gasteiger partial charge in [-0.05, 0) is 44.2 Å². The molecule has 0 spiro atoms. The van der Waals surface area contributed by atoms with E-state index in [4.69, 9.17) is 4.74 Å². The van der Waals surface area contributed by atoms with E-state index in [0.29, 0.717) is 16.9 Å². The van der Waals surface area contributed by atoms with Crippen molar-refractivity contribution in [1.29, 1.82) is 0 Å². The minimum Gasteiger partial charge on any atom is -0.489 e. The average Bonchev–Trinajstić information content (AvgIpc) is 2.96. The van der Waals surface area contributed by atoms with Crippen molar-refractivity contribution in [2.75, 3.05) is 0 Å². The molecule has 0 aliphatic heterocycles. The number of hydrogen-bond acceptors (Lipinski definition) is 5. The van der Waals surface area contributed by atoms with E-state index in [-0.39, 0.29) is 18.1 Å². The third-order valence-electron chi connectivity index (χ3n) is 4.07. The summed E-state index contributed by atoms with van der Waals surface area (Å²) in [4.78, 5) is 39.1. The maximum absolute atomic E-state index is 12.6. The highest BCUT2D eigenvalue weighted by molar-refractivity contribution is 7.96. The van der Waals surface area contributed by atoms with Crippen LogP contribution in [0.25, 0.3) is 10.1 Å². The summed E-state index contributed by atoms with van der Waals surface area (Å²) in [6.45, 7) is 3.57. The molecule has 6 nitrogen and oxygen atoms in total. The number of H-pyrrole nitrogens is 1. The Hall–Kier alpha value is -2.58. The fourth-order valence-corrected chi connectivity index (χ4v) is 3.74. The smallest absolute Gasteiger partial charge is 0.254 e. The molecule has 0 fully saturated rings. The highest BCUT2D eigenvalue weighted by Gasteiger charge is 2.20. The van der Waals surface area contributed by atoms with Gasteiger partial charge < -0.3 is 15.0 Å². The van der Waals surface area contributed by atoms with Crippen LogP contribution in [-0.4, -0.2) is 22.0 Å². The Labute approximate surface area is 165 Å². The predicted octanol–water partition coefficient (Wildman–Crippen LogP) is 3.05. The largest absolute Gasteiger partial charge is 0.489 e. The summed E-state index contributed by atoms with van der Waals surface area (Å²) in [5, 5.41) is 2.99. The number of thiophene rings is 1. The number of hydrogen-bond donors (Lipinski definition) is 3. The zero-order valence-corrected chi connectivity index (χ0v) is 16.4. The Bertz CT molecular complexity index is 1070. The Balaban J connectivity index is 1.88. The molecule has 1 aromatic carbocycles. The van der Waals surface area contributed by atoms with E-state index in [1.54, 1.807) is 37.4 Å². The second kappa shape index (κ2) is 7.98. The average molecular weight is 402 g/mol. The number of benzene rings is 1. The summed E-state index contributed by atoms with van der Waals surface area (Å²) >= 11 is 5.25. The second-order valence-electron chi connectivity index (χ2n) is 6.04. The lowest BCUT2D eigenvalue weighted by Gasteiger charge is -2.10. The third kappa shape index (κ3) is 4.23. The van der Waals surface area contributed by atoms with Gasteiger partial charge in [0, 0.05) is 21.2 Å². The van der Waals surface area contributed by atoms with Gasteiger partial charge in [-0.2, -0.15) is 0 Å². The summed E-state index contributed by atoms with van der Waals surface area (Å²) in [5.74, 6) is 0.223. The van der Waals surface area contributed by atoms with Crippen LogP contribution in [0.3, 0.4) is 0 Å². The second-order valence-corrected chi connectivity index (χ2v) is 7.73. The van der Waals surface area contributed by atoms with Gasteiger partial charge in [-0.3, -0.25) is 14.4 Å². The first-order chi connectivity index (χ1) is 12.9. The molecule has 0 aliphatic carbocycles. The van der Waals surface area contributed by atoms with Crippen LogP contribution in [-0.2, 0) is 11.4 Å². The van der Waals surface area contributed by atoms with Crippen LogP contribution in [0.2, 0.25) is 0 Å². The number of rotatable bonds is 6. The third-order valence-corrected chi connectivity index (χ3v) is 5.55. The van der Waals surface area contributed by atoms with Gasteiger partial charge in [0.1, 0.15) is 12.4 Å². The van der Waals surface area contributed by atoms with Gasteiger partial charge in [0.15, 0.2) is 0 Å². The number of carbonyl (C=O) groups is 2. The molecule has 3 rings (SSSR count). The molecule has 1 atom stereocenters. The molecule has 2 aromatic heterocycles. The van der Waals surface area contributed by atoms with Gasteiger partial charge in [-0.15, -0.1) is 24.0 Å². The summed E-state index contributed by atoms with van der Waals surface area (Å²) in [6.07, 6.45) is 1.56. The molecule has 27 heavy (non-hydrogen) atoms. The van der Waals surface area contributed by atoms with Gasteiger partial charge in [-0.1, -0.05) is 0 Å². The zero-order chi connectivity index (χ0) is 19.6. The van der Waals surface area contributed by atoms with Crippen molar-refractivity contribution in [3.63, 3.8) is 0 Å². The van der Waals surface area contributed by atoms with E-state index in [9.17, 15) is 14.4 Å². The number of thiol groups is 1. The molecule has 8 heteroatoms. The lowest BCUT2D eigenvalue weighted by atomic mass is 10.1. The first kappa shape index (κ1) is 19.2. The first-order valence-electron chi connectivity index (χ1n) is 8.23. The number of fused-ring (bicyclic) bond motifs is 1. The number of ether oxygens (including phenoxy) is 1. The monoisotopic (exact) mass is 402 g/mol. The van der Waals surface area contributed by atoms with Crippen molar-refractivity contribution in [3.05, 3.63) is 62.9 Å². The Morgan fingerprint density at radius 3 is 2.81 bits per heavy atom. The number of nitrogens with one attached hydrogen (secondary N) is 2. The van der Waals surface area contributed by atoms with Gasteiger partial charge in [0.05, 0.1) is 17.2 Å². The standard InChI is InChI=1S/C19H18N2O4S2/c1-10(19(24)26)21-18(23)16-11(2)27-15-6-5-13(8-14(15)16)25-9-12-4-3-7-20-17(12)22/h3-8,10H,9H2,1-2H3,(H,20,22)(H,21,23)(H,24,26)/t10-/m0/s1.